The highest BCUT2D eigenvalue weighted by molar-refractivity contribution is 7.99. The van der Waals surface area contributed by atoms with Gasteiger partial charge in [0.1, 0.15) is 0 Å². The van der Waals surface area contributed by atoms with E-state index in [1.54, 1.807) is 23.9 Å². The van der Waals surface area contributed by atoms with Crippen molar-refractivity contribution in [3.8, 4) is 0 Å². The molecule has 0 fully saturated rings. The molecule has 3 nitrogen and oxygen atoms in total. The summed E-state index contributed by atoms with van der Waals surface area (Å²) in [6.45, 7) is 1.01. The number of hydrogen-bond donors (Lipinski definition) is 1. The number of sulfone groups is 1. The fourth-order valence-electron chi connectivity index (χ4n) is 1.22. The van der Waals surface area contributed by atoms with Crippen molar-refractivity contribution in [3.05, 3.63) is 24.3 Å². The molecule has 0 aliphatic rings. The summed E-state index contributed by atoms with van der Waals surface area (Å²) in [5.74, 6) is 1.04. The van der Waals surface area contributed by atoms with E-state index in [1.807, 2.05) is 19.2 Å². The largest absolute Gasteiger partial charge is 0.320 e. The highest BCUT2D eigenvalue weighted by Crippen LogP contribution is 2.20. The first-order chi connectivity index (χ1) is 7.54. The molecular formula is C11H17NO2S2. The topological polar surface area (TPSA) is 46.2 Å². The molecule has 0 unspecified atom stereocenters. The number of benzene rings is 1. The fourth-order valence-corrected chi connectivity index (χ4v) is 2.71. The van der Waals surface area contributed by atoms with Crippen LogP contribution in [0.15, 0.2) is 34.1 Å². The van der Waals surface area contributed by atoms with E-state index in [0.717, 1.165) is 23.6 Å². The van der Waals surface area contributed by atoms with Gasteiger partial charge in [-0.3, -0.25) is 0 Å². The standard InChI is InChI=1S/C11H17NO2S2/c1-12-8-3-9-15-10-4-6-11(7-5-10)16(2,13)14/h4-7,12H,3,8-9H2,1-2H3. The lowest BCUT2D eigenvalue weighted by atomic mass is 10.4. The molecule has 0 aliphatic carbocycles. The Balaban J connectivity index is 2.52. The minimum atomic E-state index is -3.07. The first-order valence-electron chi connectivity index (χ1n) is 5.11. The van der Waals surface area contributed by atoms with Crippen LogP contribution in [-0.2, 0) is 9.84 Å². The van der Waals surface area contributed by atoms with Crippen molar-refractivity contribution >= 4 is 21.6 Å². The summed E-state index contributed by atoms with van der Waals surface area (Å²) < 4.78 is 22.5. The monoisotopic (exact) mass is 259 g/mol. The van der Waals surface area contributed by atoms with E-state index < -0.39 is 9.84 Å². The van der Waals surface area contributed by atoms with Crippen molar-refractivity contribution in [2.45, 2.75) is 16.2 Å². The molecule has 0 spiro atoms. The van der Waals surface area contributed by atoms with Gasteiger partial charge in [-0.15, -0.1) is 11.8 Å². The summed E-state index contributed by atoms with van der Waals surface area (Å²) in [5, 5.41) is 3.09. The van der Waals surface area contributed by atoms with Gasteiger partial charge in [0.05, 0.1) is 4.90 Å². The molecule has 0 saturated heterocycles. The smallest absolute Gasteiger partial charge is 0.175 e. The van der Waals surface area contributed by atoms with Crippen molar-refractivity contribution < 1.29 is 8.42 Å². The van der Waals surface area contributed by atoms with Gasteiger partial charge in [-0.1, -0.05) is 0 Å². The highest BCUT2D eigenvalue weighted by Gasteiger charge is 2.05. The van der Waals surface area contributed by atoms with Gasteiger partial charge >= 0.3 is 0 Å². The summed E-state index contributed by atoms with van der Waals surface area (Å²) in [5.41, 5.74) is 0. The average molecular weight is 259 g/mol. The molecule has 90 valence electrons. The van der Waals surface area contributed by atoms with Crippen LogP contribution < -0.4 is 5.32 Å². The summed E-state index contributed by atoms with van der Waals surface area (Å²) in [4.78, 5) is 1.50. The predicted octanol–water partition coefficient (Wildman–Crippen LogP) is 1.79. The Labute approximate surface area is 102 Å². The molecule has 0 radical (unpaired) electrons. The zero-order valence-electron chi connectivity index (χ0n) is 9.56. The van der Waals surface area contributed by atoms with E-state index in [-0.39, 0.29) is 0 Å². The Bertz CT molecular complexity index is 412. The van der Waals surface area contributed by atoms with Crippen LogP contribution in [0, 0.1) is 0 Å². The van der Waals surface area contributed by atoms with Crippen LogP contribution in [0.3, 0.4) is 0 Å². The van der Waals surface area contributed by atoms with E-state index in [2.05, 4.69) is 5.32 Å². The molecule has 16 heavy (non-hydrogen) atoms. The second-order valence-corrected chi connectivity index (χ2v) is 6.73. The molecular weight excluding hydrogens is 242 g/mol. The van der Waals surface area contributed by atoms with Crippen molar-refractivity contribution in [1.82, 2.24) is 5.32 Å². The summed E-state index contributed by atoms with van der Waals surface area (Å²) in [6, 6.07) is 7.05. The molecule has 5 heteroatoms. The first kappa shape index (κ1) is 13.5. The van der Waals surface area contributed by atoms with E-state index in [1.165, 1.54) is 6.26 Å². The van der Waals surface area contributed by atoms with Gasteiger partial charge in [0, 0.05) is 11.2 Å². The number of nitrogens with one attached hydrogen (secondary N) is 1. The Hall–Kier alpha value is -0.520. The Morgan fingerprint density at radius 1 is 1.25 bits per heavy atom. The van der Waals surface area contributed by atoms with Gasteiger partial charge in [0.2, 0.25) is 0 Å². The SMILES string of the molecule is CNCCCSc1ccc(S(C)(=O)=O)cc1. The molecule has 1 aromatic carbocycles. The normalized spacial score (nSPS) is 11.6. The molecule has 0 atom stereocenters. The lowest BCUT2D eigenvalue weighted by molar-refractivity contribution is 0.602. The van der Waals surface area contributed by atoms with Gasteiger partial charge in [-0.2, -0.15) is 0 Å². The van der Waals surface area contributed by atoms with Crippen LogP contribution in [0.5, 0.6) is 0 Å². The van der Waals surface area contributed by atoms with Crippen molar-refractivity contribution in [2.75, 3.05) is 25.6 Å². The first-order valence-corrected chi connectivity index (χ1v) is 7.99. The quantitative estimate of drug-likeness (QED) is 0.625. The maximum Gasteiger partial charge on any atom is 0.175 e. The molecule has 0 aliphatic heterocycles. The minimum Gasteiger partial charge on any atom is -0.320 e. The predicted molar refractivity (Wildman–Crippen MR) is 68.8 cm³/mol. The lowest BCUT2D eigenvalue weighted by Crippen LogP contribution is -2.07. The highest BCUT2D eigenvalue weighted by atomic mass is 32.2. The molecule has 0 aromatic heterocycles. The van der Waals surface area contributed by atoms with Crippen molar-refractivity contribution in [3.63, 3.8) is 0 Å². The molecule has 1 rings (SSSR count). The molecule has 0 heterocycles. The third-order valence-corrected chi connectivity index (χ3v) is 4.32. The third-order valence-electron chi connectivity index (χ3n) is 2.09. The Morgan fingerprint density at radius 2 is 1.88 bits per heavy atom. The second-order valence-electron chi connectivity index (χ2n) is 3.55. The average Bonchev–Trinajstić information content (AvgIpc) is 2.24. The summed E-state index contributed by atoms with van der Waals surface area (Å²) >= 11 is 1.74. The van der Waals surface area contributed by atoms with Crippen LogP contribution in [0.25, 0.3) is 0 Å². The van der Waals surface area contributed by atoms with Gasteiger partial charge in [0.15, 0.2) is 9.84 Å². The zero-order valence-corrected chi connectivity index (χ0v) is 11.2. The van der Waals surface area contributed by atoms with Crippen LogP contribution in [-0.4, -0.2) is 34.0 Å². The minimum absolute atomic E-state index is 0.382. The molecule has 0 bridgehead atoms. The van der Waals surface area contributed by atoms with Crippen LogP contribution in [0.1, 0.15) is 6.42 Å². The van der Waals surface area contributed by atoms with Crippen molar-refractivity contribution in [2.24, 2.45) is 0 Å². The molecule has 1 N–H and O–H groups in total. The van der Waals surface area contributed by atoms with E-state index in [4.69, 9.17) is 0 Å². The fraction of sp³-hybridized carbons (Fsp3) is 0.455. The number of hydrogen-bond acceptors (Lipinski definition) is 4. The van der Waals surface area contributed by atoms with E-state index >= 15 is 0 Å². The third kappa shape index (κ3) is 4.55. The summed E-state index contributed by atoms with van der Waals surface area (Å²) in [7, 11) is -1.13. The van der Waals surface area contributed by atoms with Gasteiger partial charge in [0.25, 0.3) is 0 Å². The maximum absolute atomic E-state index is 11.2. The van der Waals surface area contributed by atoms with Crippen LogP contribution in [0.2, 0.25) is 0 Å². The molecule has 0 amide bonds. The number of rotatable bonds is 6. The Kier molecular flexibility index (Phi) is 5.31. The molecule has 0 saturated carbocycles. The van der Waals surface area contributed by atoms with Gasteiger partial charge < -0.3 is 5.32 Å². The van der Waals surface area contributed by atoms with Crippen LogP contribution in [0.4, 0.5) is 0 Å². The van der Waals surface area contributed by atoms with E-state index in [0.29, 0.717) is 4.90 Å². The van der Waals surface area contributed by atoms with Gasteiger partial charge in [-0.25, -0.2) is 8.42 Å². The van der Waals surface area contributed by atoms with Crippen LogP contribution >= 0.6 is 11.8 Å². The molecule has 1 aromatic rings. The number of thioether (sulfide) groups is 1. The Morgan fingerprint density at radius 3 is 2.38 bits per heavy atom. The maximum atomic E-state index is 11.2. The lowest BCUT2D eigenvalue weighted by Gasteiger charge is -2.03. The second kappa shape index (κ2) is 6.27. The summed E-state index contributed by atoms with van der Waals surface area (Å²) in [6.07, 6.45) is 2.33. The zero-order chi connectivity index (χ0) is 12.0. The van der Waals surface area contributed by atoms with Gasteiger partial charge in [-0.05, 0) is 50.0 Å². The van der Waals surface area contributed by atoms with Crippen molar-refractivity contribution in [1.29, 1.82) is 0 Å². The van der Waals surface area contributed by atoms with E-state index in [9.17, 15) is 8.42 Å².